The third-order valence-electron chi connectivity index (χ3n) is 2.34. The van der Waals surface area contributed by atoms with E-state index < -0.39 is 5.60 Å². The van der Waals surface area contributed by atoms with Crippen LogP contribution in [0.25, 0.3) is 0 Å². The Morgan fingerprint density at radius 2 is 1.80 bits per heavy atom. The van der Waals surface area contributed by atoms with Gasteiger partial charge in [0, 0.05) is 26.4 Å². The number of methoxy groups -OCH3 is 2. The van der Waals surface area contributed by atoms with Gasteiger partial charge in [0.25, 0.3) is 11.8 Å². The van der Waals surface area contributed by atoms with Gasteiger partial charge in [0.05, 0.1) is 13.2 Å². The van der Waals surface area contributed by atoms with E-state index in [2.05, 4.69) is 0 Å². The molecule has 0 spiro atoms. The highest BCUT2D eigenvalue weighted by molar-refractivity contribution is 6.12. The van der Waals surface area contributed by atoms with Crippen molar-refractivity contribution in [1.29, 1.82) is 0 Å². The summed E-state index contributed by atoms with van der Waals surface area (Å²) in [6.45, 7) is 2.30. The van der Waals surface area contributed by atoms with E-state index in [4.69, 9.17) is 9.47 Å². The van der Waals surface area contributed by atoms with Crippen LogP contribution in [0.15, 0.2) is 12.2 Å². The summed E-state index contributed by atoms with van der Waals surface area (Å²) >= 11 is 0. The zero-order chi connectivity index (χ0) is 11.5. The van der Waals surface area contributed by atoms with Gasteiger partial charge in [-0.25, -0.2) is 0 Å². The summed E-state index contributed by atoms with van der Waals surface area (Å²) in [5.74, 6) is -0.612. The number of imide groups is 1. The lowest BCUT2D eigenvalue weighted by atomic mass is 10.1. The van der Waals surface area contributed by atoms with Crippen LogP contribution in [-0.4, -0.2) is 49.7 Å². The number of hydrogen-bond acceptors (Lipinski definition) is 4. The van der Waals surface area contributed by atoms with Gasteiger partial charge in [-0.1, -0.05) is 0 Å². The lowest BCUT2D eigenvalue weighted by molar-refractivity contribution is -0.143. The highest BCUT2D eigenvalue weighted by Crippen LogP contribution is 2.15. The Morgan fingerprint density at radius 3 is 2.20 bits per heavy atom. The number of carbonyl (C=O) groups is 2. The van der Waals surface area contributed by atoms with Gasteiger partial charge in [-0.3, -0.25) is 14.5 Å². The van der Waals surface area contributed by atoms with E-state index in [1.807, 2.05) is 0 Å². The molecule has 84 valence electrons. The van der Waals surface area contributed by atoms with Crippen LogP contribution in [0.2, 0.25) is 0 Å². The van der Waals surface area contributed by atoms with Gasteiger partial charge < -0.3 is 9.47 Å². The topological polar surface area (TPSA) is 55.8 Å². The van der Waals surface area contributed by atoms with Crippen LogP contribution in [-0.2, 0) is 19.1 Å². The maximum Gasteiger partial charge on any atom is 0.253 e. The van der Waals surface area contributed by atoms with Gasteiger partial charge in [0.1, 0.15) is 5.60 Å². The largest absolute Gasteiger partial charge is 0.382 e. The number of rotatable bonds is 5. The van der Waals surface area contributed by atoms with Gasteiger partial charge in [0.2, 0.25) is 0 Å². The number of carbonyl (C=O) groups excluding carboxylic acids is 2. The molecular formula is C10H15NO4. The van der Waals surface area contributed by atoms with Crippen LogP contribution in [0.3, 0.4) is 0 Å². The maximum atomic E-state index is 11.3. The maximum absolute atomic E-state index is 11.3. The fraction of sp³-hybridized carbons (Fsp3) is 0.600. The fourth-order valence-corrected chi connectivity index (χ4v) is 1.40. The van der Waals surface area contributed by atoms with Crippen molar-refractivity contribution in [2.24, 2.45) is 0 Å². The first kappa shape index (κ1) is 11.9. The second kappa shape index (κ2) is 4.55. The molecule has 0 saturated carbocycles. The third kappa shape index (κ3) is 2.64. The molecule has 1 rings (SSSR count). The molecular weight excluding hydrogens is 198 g/mol. The minimum absolute atomic E-state index is 0.196. The molecule has 5 nitrogen and oxygen atoms in total. The van der Waals surface area contributed by atoms with E-state index in [9.17, 15) is 9.59 Å². The Labute approximate surface area is 88.6 Å². The predicted molar refractivity (Wildman–Crippen MR) is 53.2 cm³/mol. The molecule has 0 bridgehead atoms. The second-order valence-electron chi connectivity index (χ2n) is 3.68. The monoisotopic (exact) mass is 213 g/mol. The summed E-state index contributed by atoms with van der Waals surface area (Å²) in [5, 5.41) is 0. The van der Waals surface area contributed by atoms with Crippen molar-refractivity contribution < 1.29 is 19.1 Å². The smallest absolute Gasteiger partial charge is 0.253 e. The number of hydrogen-bond donors (Lipinski definition) is 0. The molecule has 0 N–H and O–H groups in total. The van der Waals surface area contributed by atoms with Crippen molar-refractivity contribution in [2.45, 2.75) is 12.5 Å². The summed E-state index contributed by atoms with van der Waals surface area (Å²) in [5.41, 5.74) is -0.661. The lowest BCUT2D eigenvalue weighted by Gasteiger charge is -2.30. The Hall–Kier alpha value is -1.20. The molecule has 1 aliphatic heterocycles. The van der Waals surface area contributed by atoms with Gasteiger partial charge in [-0.2, -0.15) is 0 Å². The predicted octanol–water partition coefficient (Wildman–Crippen LogP) is -0.0371. The summed E-state index contributed by atoms with van der Waals surface area (Å²) in [6, 6.07) is 0. The SMILES string of the molecule is COCC(C)(CN1C(=O)C=CC1=O)OC. The van der Waals surface area contributed by atoms with Crippen molar-refractivity contribution in [3.8, 4) is 0 Å². The van der Waals surface area contributed by atoms with E-state index in [0.717, 1.165) is 4.90 Å². The van der Waals surface area contributed by atoms with Crippen LogP contribution in [0.4, 0.5) is 0 Å². The van der Waals surface area contributed by atoms with Crippen molar-refractivity contribution in [1.82, 2.24) is 4.90 Å². The summed E-state index contributed by atoms with van der Waals surface area (Å²) < 4.78 is 10.2. The zero-order valence-corrected chi connectivity index (χ0v) is 9.15. The van der Waals surface area contributed by atoms with Crippen molar-refractivity contribution in [2.75, 3.05) is 27.4 Å². The van der Waals surface area contributed by atoms with Crippen LogP contribution >= 0.6 is 0 Å². The van der Waals surface area contributed by atoms with Crippen molar-refractivity contribution >= 4 is 11.8 Å². The van der Waals surface area contributed by atoms with Gasteiger partial charge in [0.15, 0.2) is 0 Å². The molecule has 5 heteroatoms. The highest BCUT2D eigenvalue weighted by Gasteiger charge is 2.33. The van der Waals surface area contributed by atoms with Crippen LogP contribution in [0.5, 0.6) is 0 Å². The van der Waals surface area contributed by atoms with Gasteiger partial charge in [-0.05, 0) is 6.92 Å². The van der Waals surface area contributed by atoms with E-state index >= 15 is 0 Å². The Morgan fingerprint density at radius 1 is 1.27 bits per heavy atom. The lowest BCUT2D eigenvalue weighted by Crippen LogP contribution is -2.47. The minimum atomic E-state index is -0.661. The first-order chi connectivity index (χ1) is 7.02. The van der Waals surface area contributed by atoms with Crippen LogP contribution in [0, 0.1) is 0 Å². The summed E-state index contributed by atoms with van der Waals surface area (Å²) in [6.07, 6.45) is 2.51. The molecule has 0 radical (unpaired) electrons. The normalized spacial score (nSPS) is 19.8. The highest BCUT2D eigenvalue weighted by atomic mass is 16.5. The molecule has 1 unspecified atom stereocenters. The van der Waals surface area contributed by atoms with E-state index in [-0.39, 0.29) is 18.4 Å². The molecule has 0 aromatic rings. The third-order valence-corrected chi connectivity index (χ3v) is 2.34. The quantitative estimate of drug-likeness (QED) is 0.601. The summed E-state index contributed by atoms with van der Waals surface area (Å²) in [7, 11) is 3.07. The number of ether oxygens (including phenoxy) is 2. The molecule has 0 aromatic carbocycles. The molecule has 1 heterocycles. The fourth-order valence-electron chi connectivity index (χ4n) is 1.40. The molecule has 0 saturated heterocycles. The molecule has 0 aliphatic carbocycles. The van der Waals surface area contributed by atoms with Crippen molar-refractivity contribution in [3.05, 3.63) is 12.2 Å². The molecule has 0 aromatic heterocycles. The Kier molecular flexibility index (Phi) is 3.60. The molecule has 1 aliphatic rings. The van der Waals surface area contributed by atoms with Gasteiger partial charge in [-0.15, -0.1) is 0 Å². The van der Waals surface area contributed by atoms with E-state index in [1.165, 1.54) is 19.3 Å². The molecule has 15 heavy (non-hydrogen) atoms. The minimum Gasteiger partial charge on any atom is -0.382 e. The van der Waals surface area contributed by atoms with Crippen LogP contribution < -0.4 is 0 Å². The second-order valence-corrected chi connectivity index (χ2v) is 3.68. The van der Waals surface area contributed by atoms with Crippen molar-refractivity contribution in [3.63, 3.8) is 0 Å². The molecule has 1 atom stereocenters. The molecule has 2 amide bonds. The first-order valence-corrected chi connectivity index (χ1v) is 4.60. The Bertz CT molecular complexity index is 282. The van der Waals surface area contributed by atoms with E-state index in [0.29, 0.717) is 6.61 Å². The first-order valence-electron chi connectivity index (χ1n) is 4.60. The van der Waals surface area contributed by atoms with Gasteiger partial charge >= 0.3 is 0 Å². The van der Waals surface area contributed by atoms with Crippen LogP contribution in [0.1, 0.15) is 6.92 Å². The average Bonchev–Trinajstić information content (AvgIpc) is 2.50. The van der Waals surface area contributed by atoms with E-state index in [1.54, 1.807) is 14.0 Å². The summed E-state index contributed by atoms with van der Waals surface area (Å²) in [4.78, 5) is 23.8. The zero-order valence-electron chi connectivity index (χ0n) is 9.15. The standard InChI is InChI=1S/C10H15NO4/c1-10(15-3,7-14-2)6-11-8(12)4-5-9(11)13/h4-5H,6-7H2,1-3H3. The molecule has 0 fully saturated rings. The Balaban J connectivity index is 2.67. The number of nitrogens with zero attached hydrogens (tertiary/aromatic N) is 1. The number of amides is 2. The average molecular weight is 213 g/mol.